The molecular formula is C21H27ClN4O3S. The third kappa shape index (κ3) is 5.13. The van der Waals surface area contributed by atoms with Crippen molar-refractivity contribution < 1.29 is 13.2 Å². The van der Waals surface area contributed by atoms with Gasteiger partial charge in [-0.1, -0.05) is 17.7 Å². The van der Waals surface area contributed by atoms with Gasteiger partial charge in [-0.2, -0.15) is 0 Å². The molecule has 0 bridgehead atoms. The average molecular weight is 451 g/mol. The Hall–Kier alpha value is -2.13. The van der Waals surface area contributed by atoms with Crippen molar-refractivity contribution in [2.24, 2.45) is 0 Å². The van der Waals surface area contributed by atoms with Gasteiger partial charge in [0.15, 0.2) is 0 Å². The number of amides is 1. The third-order valence-corrected chi connectivity index (χ3v) is 7.38. The van der Waals surface area contributed by atoms with Crippen LogP contribution in [-0.4, -0.2) is 69.8 Å². The van der Waals surface area contributed by atoms with Crippen molar-refractivity contribution in [3.05, 3.63) is 53.6 Å². The normalized spacial score (nSPS) is 16.5. The summed E-state index contributed by atoms with van der Waals surface area (Å²) in [7, 11) is -0.596. The first-order chi connectivity index (χ1) is 14.2. The zero-order valence-corrected chi connectivity index (χ0v) is 18.9. The quantitative estimate of drug-likeness (QED) is 0.732. The molecule has 7 nitrogen and oxygen atoms in total. The van der Waals surface area contributed by atoms with Crippen LogP contribution in [0.4, 0.5) is 11.4 Å². The zero-order valence-electron chi connectivity index (χ0n) is 17.4. The molecule has 2 aromatic rings. The molecule has 1 N–H and O–H groups in total. The topological polar surface area (TPSA) is 73.0 Å². The van der Waals surface area contributed by atoms with E-state index in [2.05, 4.69) is 15.1 Å². The van der Waals surface area contributed by atoms with E-state index >= 15 is 0 Å². The minimum absolute atomic E-state index is 0.148. The molecule has 1 amide bonds. The number of nitrogens with one attached hydrogen (secondary N) is 1. The molecule has 1 fully saturated rings. The van der Waals surface area contributed by atoms with Gasteiger partial charge in [-0.15, -0.1) is 0 Å². The fraction of sp³-hybridized carbons (Fsp3) is 0.381. The van der Waals surface area contributed by atoms with Gasteiger partial charge >= 0.3 is 0 Å². The van der Waals surface area contributed by atoms with E-state index in [1.807, 2.05) is 31.2 Å². The van der Waals surface area contributed by atoms with Crippen molar-refractivity contribution in [1.29, 1.82) is 0 Å². The smallest absolute Gasteiger partial charge is 0.242 e. The highest BCUT2D eigenvalue weighted by Crippen LogP contribution is 2.21. The molecule has 1 heterocycles. The molecule has 2 aromatic carbocycles. The lowest BCUT2D eigenvalue weighted by Crippen LogP contribution is -2.52. The van der Waals surface area contributed by atoms with Gasteiger partial charge in [0.05, 0.1) is 10.9 Å². The van der Waals surface area contributed by atoms with Crippen LogP contribution >= 0.6 is 11.6 Å². The Bertz CT molecular complexity index is 988. The second kappa shape index (κ2) is 9.34. The predicted molar refractivity (Wildman–Crippen MR) is 121 cm³/mol. The van der Waals surface area contributed by atoms with E-state index in [0.29, 0.717) is 10.7 Å². The number of hydrogen-bond acceptors (Lipinski definition) is 5. The fourth-order valence-electron chi connectivity index (χ4n) is 3.38. The van der Waals surface area contributed by atoms with Gasteiger partial charge in [0, 0.05) is 56.7 Å². The van der Waals surface area contributed by atoms with Crippen molar-refractivity contribution in [2.75, 3.05) is 50.5 Å². The molecule has 1 unspecified atom stereocenters. The number of carbonyl (C=O) groups excluding carboxylic acids is 1. The summed E-state index contributed by atoms with van der Waals surface area (Å²) in [4.78, 5) is 17.3. The molecule has 3 rings (SSSR count). The Morgan fingerprint density at radius 1 is 1.07 bits per heavy atom. The van der Waals surface area contributed by atoms with Crippen LogP contribution in [0.2, 0.25) is 5.02 Å². The van der Waals surface area contributed by atoms with Crippen LogP contribution in [-0.2, 0) is 14.8 Å². The fourth-order valence-corrected chi connectivity index (χ4v) is 4.45. The van der Waals surface area contributed by atoms with Crippen molar-refractivity contribution in [2.45, 2.75) is 17.9 Å². The summed E-state index contributed by atoms with van der Waals surface area (Å²) >= 11 is 5.96. The molecular weight excluding hydrogens is 424 g/mol. The summed E-state index contributed by atoms with van der Waals surface area (Å²) in [6.07, 6.45) is 0. The molecule has 30 heavy (non-hydrogen) atoms. The summed E-state index contributed by atoms with van der Waals surface area (Å²) < 4.78 is 25.8. The third-order valence-electron chi connectivity index (χ3n) is 5.31. The van der Waals surface area contributed by atoms with Crippen LogP contribution in [0.25, 0.3) is 0 Å². The van der Waals surface area contributed by atoms with Gasteiger partial charge in [-0.05, 0) is 49.4 Å². The number of halogens is 1. The van der Waals surface area contributed by atoms with Gasteiger partial charge in [-0.25, -0.2) is 12.7 Å². The Morgan fingerprint density at radius 2 is 1.70 bits per heavy atom. The lowest BCUT2D eigenvalue weighted by atomic mass is 10.2. The number of anilines is 2. The van der Waals surface area contributed by atoms with Crippen molar-refractivity contribution in [3.8, 4) is 0 Å². The zero-order chi connectivity index (χ0) is 21.9. The summed E-state index contributed by atoms with van der Waals surface area (Å²) in [5.41, 5.74) is 1.59. The minimum Gasteiger partial charge on any atom is -0.369 e. The molecule has 0 aliphatic carbocycles. The molecule has 9 heteroatoms. The monoisotopic (exact) mass is 450 g/mol. The van der Waals surface area contributed by atoms with Gasteiger partial charge < -0.3 is 10.2 Å². The van der Waals surface area contributed by atoms with Crippen LogP contribution in [0.1, 0.15) is 6.92 Å². The molecule has 1 aliphatic rings. The van der Waals surface area contributed by atoms with Gasteiger partial charge in [0.2, 0.25) is 15.9 Å². The van der Waals surface area contributed by atoms with Gasteiger partial charge in [0.25, 0.3) is 0 Å². The van der Waals surface area contributed by atoms with E-state index < -0.39 is 10.0 Å². The van der Waals surface area contributed by atoms with E-state index in [9.17, 15) is 13.2 Å². The molecule has 0 radical (unpaired) electrons. The lowest BCUT2D eigenvalue weighted by Gasteiger charge is -2.38. The molecule has 1 saturated heterocycles. The van der Waals surface area contributed by atoms with Gasteiger partial charge in [0.1, 0.15) is 0 Å². The van der Waals surface area contributed by atoms with Crippen LogP contribution in [0.15, 0.2) is 53.4 Å². The van der Waals surface area contributed by atoms with E-state index in [1.54, 1.807) is 12.1 Å². The number of sulfonamides is 1. The minimum atomic E-state index is -3.55. The van der Waals surface area contributed by atoms with Crippen molar-refractivity contribution in [1.82, 2.24) is 9.21 Å². The second-order valence-electron chi connectivity index (χ2n) is 7.48. The number of hydrogen-bond donors (Lipinski definition) is 1. The first-order valence-electron chi connectivity index (χ1n) is 9.76. The van der Waals surface area contributed by atoms with E-state index in [0.717, 1.165) is 36.2 Å². The lowest BCUT2D eigenvalue weighted by molar-refractivity contribution is -0.120. The van der Waals surface area contributed by atoms with Crippen molar-refractivity contribution >= 4 is 38.9 Å². The first-order valence-corrected chi connectivity index (χ1v) is 11.6. The summed E-state index contributed by atoms with van der Waals surface area (Å²) in [5.74, 6) is -0.158. The first kappa shape index (κ1) is 22.6. The molecule has 1 aliphatic heterocycles. The van der Waals surface area contributed by atoms with Crippen LogP contribution in [0, 0.1) is 0 Å². The number of nitrogens with zero attached hydrogens (tertiary/aromatic N) is 3. The highest BCUT2D eigenvalue weighted by atomic mass is 35.5. The average Bonchev–Trinajstić information content (AvgIpc) is 2.74. The van der Waals surface area contributed by atoms with Crippen LogP contribution in [0.3, 0.4) is 0 Å². The molecule has 162 valence electrons. The van der Waals surface area contributed by atoms with Crippen molar-refractivity contribution in [3.63, 3.8) is 0 Å². The Labute approximate surface area is 183 Å². The van der Waals surface area contributed by atoms with Gasteiger partial charge in [-0.3, -0.25) is 9.69 Å². The predicted octanol–water partition coefficient (Wildman–Crippen LogP) is 2.74. The SMILES string of the molecule is CC(C(=O)Nc1cccc(S(=O)(=O)N(C)C)c1)N1CCN(c2ccc(Cl)cc2)CC1. The molecule has 0 spiro atoms. The Balaban J connectivity index is 1.60. The Morgan fingerprint density at radius 3 is 2.30 bits per heavy atom. The van der Waals surface area contributed by atoms with E-state index in [4.69, 9.17) is 11.6 Å². The second-order valence-corrected chi connectivity index (χ2v) is 10.1. The summed E-state index contributed by atoms with van der Waals surface area (Å²) in [6, 6.07) is 13.8. The number of rotatable bonds is 6. The molecule has 0 aromatic heterocycles. The van der Waals surface area contributed by atoms with E-state index in [1.165, 1.54) is 26.2 Å². The maximum absolute atomic E-state index is 12.8. The number of benzene rings is 2. The summed E-state index contributed by atoms with van der Waals surface area (Å²) in [6.45, 7) is 5.01. The van der Waals surface area contributed by atoms with E-state index in [-0.39, 0.29) is 16.8 Å². The molecule has 0 saturated carbocycles. The maximum Gasteiger partial charge on any atom is 0.242 e. The highest BCUT2D eigenvalue weighted by molar-refractivity contribution is 7.89. The number of carbonyl (C=O) groups is 1. The Kier molecular flexibility index (Phi) is 7.02. The number of piperazine rings is 1. The largest absolute Gasteiger partial charge is 0.369 e. The highest BCUT2D eigenvalue weighted by Gasteiger charge is 2.26. The standard InChI is InChI=1S/C21H27ClN4O3S/c1-16(25-11-13-26(14-12-25)19-9-7-17(22)8-10-19)21(27)23-18-5-4-6-20(15-18)30(28,29)24(2)3/h4-10,15-16H,11-14H2,1-3H3,(H,23,27). The van der Waals surface area contributed by atoms with Crippen LogP contribution in [0.5, 0.6) is 0 Å². The molecule has 1 atom stereocenters. The summed E-state index contributed by atoms with van der Waals surface area (Å²) in [5, 5.41) is 3.56. The van der Waals surface area contributed by atoms with Crippen LogP contribution < -0.4 is 10.2 Å². The maximum atomic E-state index is 12.8.